The molecule has 0 N–H and O–H groups in total. The standard InChI is InChI=1S/C13H15BrClN3O2S/c1-17-6-5-16-13(17)9-18(2)21(19,20)12-7-10(8-15)3-4-11(12)14/h3-7H,8-9H2,1-2H3. The zero-order chi connectivity index (χ0) is 15.6. The molecule has 0 aliphatic carbocycles. The van der Waals surface area contributed by atoms with Crippen molar-refractivity contribution in [3.8, 4) is 0 Å². The number of aryl methyl sites for hydroxylation is 1. The van der Waals surface area contributed by atoms with Crippen LogP contribution in [0, 0.1) is 0 Å². The van der Waals surface area contributed by atoms with E-state index in [-0.39, 0.29) is 17.3 Å². The topological polar surface area (TPSA) is 55.2 Å². The van der Waals surface area contributed by atoms with E-state index in [0.717, 1.165) is 5.56 Å². The quantitative estimate of drug-likeness (QED) is 0.735. The van der Waals surface area contributed by atoms with Gasteiger partial charge in [0.15, 0.2) is 0 Å². The molecule has 0 aliphatic rings. The lowest BCUT2D eigenvalue weighted by Crippen LogP contribution is -2.28. The van der Waals surface area contributed by atoms with Gasteiger partial charge in [0.1, 0.15) is 5.82 Å². The maximum atomic E-state index is 12.7. The van der Waals surface area contributed by atoms with Crippen molar-refractivity contribution in [2.45, 2.75) is 17.3 Å². The van der Waals surface area contributed by atoms with Crippen molar-refractivity contribution in [3.05, 3.63) is 46.5 Å². The maximum absolute atomic E-state index is 12.7. The van der Waals surface area contributed by atoms with Gasteiger partial charge in [-0.2, -0.15) is 4.31 Å². The van der Waals surface area contributed by atoms with Gasteiger partial charge in [0.2, 0.25) is 10.0 Å². The molecule has 0 atom stereocenters. The van der Waals surface area contributed by atoms with Crippen LogP contribution in [-0.2, 0) is 29.5 Å². The van der Waals surface area contributed by atoms with Gasteiger partial charge >= 0.3 is 0 Å². The fourth-order valence-corrected chi connectivity index (χ4v) is 4.09. The summed E-state index contributed by atoms with van der Waals surface area (Å²) in [6, 6.07) is 5.06. The number of halogens is 2. The van der Waals surface area contributed by atoms with Crippen molar-refractivity contribution in [3.63, 3.8) is 0 Å². The molecule has 0 amide bonds. The van der Waals surface area contributed by atoms with Gasteiger partial charge in [0.05, 0.1) is 11.4 Å². The zero-order valence-corrected chi connectivity index (χ0v) is 14.8. The van der Waals surface area contributed by atoms with Gasteiger partial charge in [-0.05, 0) is 33.6 Å². The average Bonchev–Trinajstić information content (AvgIpc) is 2.84. The van der Waals surface area contributed by atoms with Gasteiger partial charge in [-0.1, -0.05) is 6.07 Å². The first-order chi connectivity index (χ1) is 9.86. The number of nitrogens with zero attached hydrogens (tertiary/aromatic N) is 3. The second-order valence-corrected chi connectivity index (χ2v) is 7.75. The van der Waals surface area contributed by atoms with Gasteiger partial charge in [0, 0.05) is 36.8 Å². The number of aromatic nitrogens is 2. The molecule has 0 unspecified atom stereocenters. The molecule has 21 heavy (non-hydrogen) atoms. The van der Waals surface area contributed by atoms with E-state index in [0.29, 0.717) is 10.3 Å². The molecule has 0 fully saturated rings. The van der Waals surface area contributed by atoms with Crippen LogP contribution in [0.15, 0.2) is 40.0 Å². The Balaban J connectivity index is 2.35. The summed E-state index contributed by atoms with van der Waals surface area (Å²) in [6.45, 7) is 0.198. The Kier molecular flexibility index (Phi) is 5.08. The van der Waals surface area contributed by atoms with Crippen molar-refractivity contribution in [1.82, 2.24) is 13.9 Å². The predicted octanol–water partition coefficient (Wildman–Crippen LogP) is 2.74. The summed E-state index contributed by atoms with van der Waals surface area (Å²) in [5.74, 6) is 0.935. The summed E-state index contributed by atoms with van der Waals surface area (Å²) < 4.78 is 28.9. The van der Waals surface area contributed by atoms with E-state index in [4.69, 9.17) is 11.6 Å². The monoisotopic (exact) mass is 391 g/mol. The Morgan fingerprint density at radius 2 is 2.14 bits per heavy atom. The number of imidazole rings is 1. The van der Waals surface area contributed by atoms with Crippen LogP contribution in [0.4, 0.5) is 0 Å². The molecule has 1 heterocycles. The van der Waals surface area contributed by atoms with E-state index in [9.17, 15) is 8.42 Å². The lowest BCUT2D eigenvalue weighted by Gasteiger charge is -2.18. The molecule has 2 rings (SSSR count). The van der Waals surface area contributed by atoms with E-state index < -0.39 is 10.0 Å². The highest BCUT2D eigenvalue weighted by atomic mass is 79.9. The Bertz CT molecular complexity index is 746. The van der Waals surface area contributed by atoms with Crippen LogP contribution in [-0.4, -0.2) is 29.3 Å². The Morgan fingerprint density at radius 3 is 2.71 bits per heavy atom. The van der Waals surface area contributed by atoms with Crippen LogP contribution < -0.4 is 0 Å². The summed E-state index contributed by atoms with van der Waals surface area (Å²) in [6.07, 6.45) is 3.42. The summed E-state index contributed by atoms with van der Waals surface area (Å²) in [7, 11) is -0.263. The number of hydrogen-bond acceptors (Lipinski definition) is 3. The summed E-state index contributed by atoms with van der Waals surface area (Å²) in [4.78, 5) is 4.35. The highest BCUT2D eigenvalue weighted by molar-refractivity contribution is 9.10. The van der Waals surface area contributed by atoms with Crippen molar-refractivity contribution >= 4 is 37.6 Å². The van der Waals surface area contributed by atoms with Crippen LogP contribution in [0.25, 0.3) is 0 Å². The first kappa shape index (κ1) is 16.5. The first-order valence-electron chi connectivity index (χ1n) is 6.13. The molecule has 0 saturated heterocycles. The van der Waals surface area contributed by atoms with Gasteiger partial charge < -0.3 is 4.57 Å². The van der Waals surface area contributed by atoms with Gasteiger partial charge in [-0.3, -0.25) is 0 Å². The van der Waals surface area contributed by atoms with E-state index in [2.05, 4.69) is 20.9 Å². The maximum Gasteiger partial charge on any atom is 0.244 e. The number of alkyl halides is 1. The van der Waals surface area contributed by atoms with Crippen molar-refractivity contribution in [2.24, 2.45) is 7.05 Å². The van der Waals surface area contributed by atoms with E-state index in [1.54, 1.807) is 35.2 Å². The van der Waals surface area contributed by atoms with Gasteiger partial charge in [-0.15, -0.1) is 11.6 Å². The zero-order valence-electron chi connectivity index (χ0n) is 11.6. The number of sulfonamides is 1. The average molecular weight is 393 g/mol. The Morgan fingerprint density at radius 1 is 1.43 bits per heavy atom. The fourth-order valence-electron chi connectivity index (χ4n) is 1.83. The predicted molar refractivity (Wildman–Crippen MR) is 85.6 cm³/mol. The summed E-state index contributed by atoms with van der Waals surface area (Å²) >= 11 is 9.07. The molecule has 2 aromatic rings. The third-order valence-electron chi connectivity index (χ3n) is 3.12. The van der Waals surface area contributed by atoms with Gasteiger partial charge in [-0.25, -0.2) is 13.4 Å². The highest BCUT2D eigenvalue weighted by Gasteiger charge is 2.24. The summed E-state index contributed by atoms with van der Waals surface area (Å²) in [5.41, 5.74) is 0.754. The third-order valence-corrected chi connectivity index (χ3v) is 6.23. The lowest BCUT2D eigenvalue weighted by molar-refractivity contribution is 0.451. The van der Waals surface area contributed by atoms with Crippen molar-refractivity contribution in [2.75, 3.05) is 7.05 Å². The minimum absolute atomic E-state index is 0.198. The molecular weight excluding hydrogens is 378 g/mol. The summed E-state index contributed by atoms with van der Waals surface area (Å²) in [5, 5.41) is 0. The molecule has 8 heteroatoms. The van der Waals surface area contributed by atoms with E-state index >= 15 is 0 Å². The molecule has 1 aromatic heterocycles. The van der Waals surface area contributed by atoms with Crippen molar-refractivity contribution in [1.29, 1.82) is 0 Å². The van der Waals surface area contributed by atoms with E-state index in [1.165, 1.54) is 11.4 Å². The number of hydrogen-bond donors (Lipinski definition) is 0. The number of benzene rings is 1. The smallest absolute Gasteiger partial charge is 0.244 e. The molecule has 0 saturated carbocycles. The molecule has 0 radical (unpaired) electrons. The largest absolute Gasteiger partial charge is 0.337 e. The van der Waals surface area contributed by atoms with Crippen LogP contribution in [0.2, 0.25) is 0 Å². The normalized spacial score (nSPS) is 12.0. The highest BCUT2D eigenvalue weighted by Crippen LogP contribution is 2.27. The van der Waals surface area contributed by atoms with E-state index in [1.807, 2.05) is 7.05 Å². The Labute approximate surface area is 137 Å². The van der Waals surface area contributed by atoms with Crippen LogP contribution in [0.1, 0.15) is 11.4 Å². The second-order valence-electron chi connectivity index (χ2n) is 4.61. The molecule has 0 aliphatic heterocycles. The molecule has 114 valence electrons. The molecule has 0 bridgehead atoms. The van der Waals surface area contributed by atoms with Crippen LogP contribution in [0.3, 0.4) is 0 Å². The number of rotatable bonds is 5. The van der Waals surface area contributed by atoms with Crippen LogP contribution in [0.5, 0.6) is 0 Å². The Hall–Kier alpha value is -0.890. The van der Waals surface area contributed by atoms with Crippen LogP contribution >= 0.6 is 27.5 Å². The molecule has 5 nitrogen and oxygen atoms in total. The second kappa shape index (κ2) is 6.48. The molecule has 1 aromatic carbocycles. The molecular formula is C13H15BrClN3O2S. The minimum atomic E-state index is -3.62. The SMILES string of the molecule is CN(Cc1nccn1C)S(=O)(=O)c1cc(CCl)ccc1Br. The van der Waals surface area contributed by atoms with Crippen molar-refractivity contribution < 1.29 is 8.42 Å². The van der Waals surface area contributed by atoms with Gasteiger partial charge in [0.25, 0.3) is 0 Å². The first-order valence-corrected chi connectivity index (χ1v) is 8.90. The third kappa shape index (κ3) is 3.48. The lowest BCUT2D eigenvalue weighted by atomic mass is 10.2. The minimum Gasteiger partial charge on any atom is -0.337 e. The molecule has 0 spiro atoms. The fraction of sp³-hybridized carbons (Fsp3) is 0.308.